The number of aromatic nitrogens is 2. The summed E-state index contributed by atoms with van der Waals surface area (Å²) in [6.07, 6.45) is 7.56. The van der Waals surface area contributed by atoms with Crippen LogP contribution < -0.4 is 4.90 Å². The van der Waals surface area contributed by atoms with Gasteiger partial charge in [0.2, 0.25) is 11.8 Å². The lowest BCUT2D eigenvalue weighted by Crippen LogP contribution is -2.33. The summed E-state index contributed by atoms with van der Waals surface area (Å²) in [6, 6.07) is 10.4. The number of likely N-dealkylation sites (tertiary alicyclic amines) is 1. The molecule has 0 unspecified atom stereocenters. The highest BCUT2D eigenvalue weighted by atomic mass is 16.2. The lowest BCUT2D eigenvalue weighted by molar-refractivity contribution is -0.134. The highest BCUT2D eigenvalue weighted by Gasteiger charge is 2.36. The number of carbonyl (C=O) groups is 2. The molecule has 3 aliphatic rings. The van der Waals surface area contributed by atoms with Gasteiger partial charge >= 0.3 is 0 Å². The average molecular weight is 433 g/mol. The van der Waals surface area contributed by atoms with E-state index in [0.717, 1.165) is 61.5 Å². The molecule has 1 aromatic heterocycles. The standard InChI is InChI=1S/C26H32N4O2/c1-18-22-16-23(31)30(14-7-10-19-8-3-2-4-9-19)25(22)28-24(27-18)21-13-15-29(17-21)26(32)20-11-5-6-12-20/h2-4,8-9,20-21H,5-7,10-17H2,1H3/t21-/m1/s1. The first-order valence-electron chi connectivity index (χ1n) is 12.1. The van der Waals surface area contributed by atoms with Gasteiger partial charge in [0.05, 0.1) is 6.42 Å². The zero-order valence-electron chi connectivity index (χ0n) is 18.9. The molecule has 1 aromatic carbocycles. The molecule has 32 heavy (non-hydrogen) atoms. The highest BCUT2D eigenvalue weighted by molar-refractivity contribution is 6.00. The number of carbonyl (C=O) groups excluding carboxylic acids is 2. The molecular weight excluding hydrogens is 400 g/mol. The van der Waals surface area contributed by atoms with Crippen molar-refractivity contribution in [2.75, 3.05) is 24.5 Å². The van der Waals surface area contributed by atoms with Gasteiger partial charge in [-0.05, 0) is 44.6 Å². The Hall–Kier alpha value is -2.76. The maximum Gasteiger partial charge on any atom is 0.232 e. The van der Waals surface area contributed by atoms with Gasteiger partial charge in [0.15, 0.2) is 0 Å². The Morgan fingerprint density at radius 3 is 2.66 bits per heavy atom. The molecule has 2 aromatic rings. The molecule has 1 saturated carbocycles. The molecular formula is C26H32N4O2. The summed E-state index contributed by atoms with van der Waals surface area (Å²) >= 11 is 0. The largest absolute Gasteiger partial charge is 0.342 e. The van der Waals surface area contributed by atoms with Crippen molar-refractivity contribution in [2.45, 2.75) is 64.2 Å². The van der Waals surface area contributed by atoms with E-state index in [2.05, 4.69) is 24.3 Å². The van der Waals surface area contributed by atoms with E-state index in [1.807, 2.05) is 22.8 Å². The average Bonchev–Trinajstić information content (AvgIpc) is 3.55. The SMILES string of the molecule is Cc1nc([C@@H]2CCN(C(=O)C3CCCC3)C2)nc2c1CC(=O)N2CCCc1ccccc1. The Bertz CT molecular complexity index is 1000. The van der Waals surface area contributed by atoms with Crippen LogP contribution in [0.1, 0.15) is 67.1 Å². The second-order valence-electron chi connectivity index (χ2n) is 9.53. The minimum Gasteiger partial charge on any atom is -0.342 e. The summed E-state index contributed by atoms with van der Waals surface area (Å²) < 4.78 is 0. The van der Waals surface area contributed by atoms with E-state index in [9.17, 15) is 9.59 Å². The number of aryl methyl sites for hydroxylation is 2. The van der Waals surface area contributed by atoms with Crippen molar-refractivity contribution in [3.05, 3.63) is 53.0 Å². The monoisotopic (exact) mass is 432 g/mol. The number of hydrogen-bond donors (Lipinski definition) is 0. The maximum absolute atomic E-state index is 12.8. The smallest absolute Gasteiger partial charge is 0.232 e. The molecule has 0 N–H and O–H groups in total. The number of benzene rings is 1. The predicted molar refractivity (Wildman–Crippen MR) is 123 cm³/mol. The normalized spacial score (nSPS) is 20.9. The number of anilines is 1. The van der Waals surface area contributed by atoms with Crippen molar-refractivity contribution in [1.82, 2.24) is 14.9 Å². The first-order valence-corrected chi connectivity index (χ1v) is 12.1. The Kier molecular flexibility index (Phi) is 5.94. The minimum absolute atomic E-state index is 0.118. The Morgan fingerprint density at radius 2 is 1.88 bits per heavy atom. The van der Waals surface area contributed by atoms with Gasteiger partial charge in [0.1, 0.15) is 11.6 Å². The van der Waals surface area contributed by atoms with E-state index in [4.69, 9.17) is 9.97 Å². The summed E-state index contributed by atoms with van der Waals surface area (Å²) in [7, 11) is 0. The van der Waals surface area contributed by atoms with Gasteiger partial charge in [0.25, 0.3) is 0 Å². The van der Waals surface area contributed by atoms with E-state index in [1.54, 1.807) is 0 Å². The lowest BCUT2D eigenvalue weighted by atomic mass is 10.1. The second kappa shape index (κ2) is 9.00. The third-order valence-corrected chi connectivity index (χ3v) is 7.35. The van der Waals surface area contributed by atoms with Gasteiger partial charge < -0.3 is 4.90 Å². The van der Waals surface area contributed by atoms with Crippen LogP contribution in [0.15, 0.2) is 30.3 Å². The number of hydrogen-bond acceptors (Lipinski definition) is 4. The number of amides is 2. The van der Waals surface area contributed by atoms with E-state index >= 15 is 0 Å². The van der Waals surface area contributed by atoms with E-state index < -0.39 is 0 Å². The summed E-state index contributed by atoms with van der Waals surface area (Å²) in [5, 5.41) is 0. The van der Waals surface area contributed by atoms with Crippen LogP contribution in [0, 0.1) is 12.8 Å². The Morgan fingerprint density at radius 1 is 1.09 bits per heavy atom. The predicted octanol–water partition coefficient (Wildman–Crippen LogP) is 3.81. The number of rotatable bonds is 6. The van der Waals surface area contributed by atoms with Crippen LogP contribution in [-0.4, -0.2) is 46.3 Å². The summed E-state index contributed by atoms with van der Waals surface area (Å²) in [5.74, 6) is 2.41. The molecule has 1 aliphatic carbocycles. The fraction of sp³-hybridized carbons (Fsp3) is 0.538. The molecule has 1 saturated heterocycles. The van der Waals surface area contributed by atoms with Crippen molar-refractivity contribution in [3.8, 4) is 0 Å². The molecule has 5 rings (SSSR count). The van der Waals surface area contributed by atoms with E-state index in [-0.39, 0.29) is 17.7 Å². The van der Waals surface area contributed by atoms with Crippen molar-refractivity contribution in [3.63, 3.8) is 0 Å². The quantitative estimate of drug-likeness (QED) is 0.696. The number of fused-ring (bicyclic) bond motifs is 1. The Labute approximate surface area is 190 Å². The van der Waals surface area contributed by atoms with Crippen LogP contribution in [0.3, 0.4) is 0 Å². The van der Waals surface area contributed by atoms with Crippen LogP contribution >= 0.6 is 0 Å². The highest BCUT2D eigenvalue weighted by Crippen LogP contribution is 2.34. The Balaban J connectivity index is 1.28. The van der Waals surface area contributed by atoms with Gasteiger partial charge in [-0.15, -0.1) is 0 Å². The van der Waals surface area contributed by atoms with Gasteiger partial charge in [0, 0.05) is 42.7 Å². The third-order valence-electron chi connectivity index (χ3n) is 7.35. The van der Waals surface area contributed by atoms with Crippen molar-refractivity contribution >= 4 is 17.6 Å². The van der Waals surface area contributed by atoms with Gasteiger partial charge in [-0.2, -0.15) is 0 Å². The van der Waals surface area contributed by atoms with Crippen molar-refractivity contribution < 1.29 is 9.59 Å². The molecule has 6 heteroatoms. The molecule has 2 aliphatic heterocycles. The van der Waals surface area contributed by atoms with E-state index in [1.165, 1.54) is 18.4 Å². The van der Waals surface area contributed by atoms with Crippen LogP contribution in [-0.2, 0) is 22.4 Å². The fourth-order valence-corrected chi connectivity index (χ4v) is 5.50. The lowest BCUT2D eigenvalue weighted by Gasteiger charge is -2.21. The zero-order valence-corrected chi connectivity index (χ0v) is 18.9. The van der Waals surface area contributed by atoms with Crippen molar-refractivity contribution in [2.24, 2.45) is 5.92 Å². The summed E-state index contributed by atoms with van der Waals surface area (Å²) in [4.78, 5) is 39.2. The molecule has 2 fully saturated rings. The fourth-order valence-electron chi connectivity index (χ4n) is 5.50. The first kappa shape index (κ1) is 21.1. The van der Waals surface area contributed by atoms with Gasteiger partial charge in [-0.25, -0.2) is 9.97 Å². The molecule has 6 nitrogen and oxygen atoms in total. The van der Waals surface area contributed by atoms with Gasteiger partial charge in [-0.3, -0.25) is 14.5 Å². The van der Waals surface area contributed by atoms with Crippen LogP contribution in [0.25, 0.3) is 0 Å². The van der Waals surface area contributed by atoms with E-state index in [0.29, 0.717) is 25.4 Å². The molecule has 1 atom stereocenters. The molecule has 3 heterocycles. The zero-order chi connectivity index (χ0) is 22.1. The van der Waals surface area contributed by atoms with Crippen molar-refractivity contribution in [1.29, 1.82) is 0 Å². The molecule has 168 valence electrons. The van der Waals surface area contributed by atoms with Gasteiger partial charge in [-0.1, -0.05) is 43.2 Å². The molecule has 0 radical (unpaired) electrons. The molecule has 0 spiro atoms. The van der Waals surface area contributed by atoms with Crippen LogP contribution in [0.5, 0.6) is 0 Å². The summed E-state index contributed by atoms with van der Waals surface area (Å²) in [6.45, 7) is 4.16. The molecule has 2 amide bonds. The van der Waals surface area contributed by atoms with Crippen LogP contribution in [0.2, 0.25) is 0 Å². The summed E-state index contributed by atoms with van der Waals surface area (Å²) in [5.41, 5.74) is 3.16. The molecule has 0 bridgehead atoms. The third kappa shape index (κ3) is 4.15. The minimum atomic E-state index is 0.118. The second-order valence-corrected chi connectivity index (χ2v) is 9.53. The van der Waals surface area contributed by atoms with Crippen LogP contribution in [0.4, 0.5) is 5.82 Å². The topological polar surface area (TPSA) is 66.4 Å². The number of nitrogens with zero attached hydrogens (tertiary/aromatic N) is 4. The first-order chi connectivity index (χ1) is 15.6. The maximum atomic E-state index is 12.8.